The standard InChI is InChI=1S/C18H22N2O2S.C9H18O.C7H4F4.C2H5NO/c1-9-11-4-5-12(8-11)16(9)20-18(21)15-14(22-3)7-6-13-17(15)23-10(2)19-13;1-3-6-9(4-2)7-5-8-10-9;8-6-4-2-1-3-5(6)7(9,10)11;1-3-2-4/h6-7,9,11-12,16H,4-5,8H2,1-3H3,(H,20,21);3-8H2,1-2H3;1-4H;2H,1H3,(H,3,4)/t9?,11-,12?,16?;;;/m1.../s1. The van der Waals surface area contributed by atoms with E-state index in [1.807, 2.05) is 19.1 Å². The number of amides is 2. The molecule has 48 heavy (non-hydrogen) atoms. The number of rotatable bonds is 7. The van der Waals surface area contributed by atoms with Crippen LogP contribution in [0.25, 0.3) is 10.2 Å². The number of benzene rings is 2. The summed E-state index contributed by atoms with van der Waals surface area (Å²) in [6, 6.07) is 7.92. The minimum absolute atomic E-state index is 0.0134. The SMILES string of the molecule is CCCC1(CC)CCCO1.CNC=O.COc1ccc2nc(C)sc2c1C(=O)NC1C2CC[C@H](C2)C1C.Fc1ccccc1C(F)(F)F. The van der Waals surface area contributed by atoms with Crippen LogP contribution in [0.3, 0.4) is 0 Å². The molecule has 12 heteroatoms. The van der Waals surface area contributed by atoms with E-state index in [9.17, 15) is 22.4 Å². The number of alkyl halides is 3. The van der Waals surface area contributed by atoms with Gasteiger partial charge in [0.1, 0.15) is 17.1 Å². The van der Waals surface area contributed by atoms with Crippen molar-refractivity contribution in [2.75, 3.05) is 20.8 Å². The first kappa shape index (κ1) is 39.2. The van der Waals surface area contributed by atoms with E-state index in [1.54, 1.807) is 25.5 Å². The van der Waals surface area contributed by atoms with E-state index < -0.39 is 17.6 Å². The van der Waals surface area contributed by atoms with E-state index in [0.29, 0.717) is 41.7 Å². The minimum Gasteiger partial charge on any atom is -0.496 e. The van der Waals surface area contributed by atoms with Crippen LogP contribution in [0.2, 0.25) is 0 Å². The molecule has 1 aromatic heterocycles. The Hall–Kier alpha value is -3.25. The number of halogens is 4. The van der Waals surface area contributed by atoms with Gasteiger partial charge >= 0.3 is 6.18 Å². The number of aromatic nitrogens is 1. The number of nitrogens with zero attached hydrogens (tertiary/aromatic N) is 1. The van der Waals surface area contributed by atoms with Gasteiger partial charge in [0.05, 0.1) is 33.5 Å². The highest BCUT2D eigenvalue weighted by Gasteiger charge is 2.46. The maximum atomic E-state index is 13.0. The number of hydrogen-bond donors (Lipinski definition) is 2. The van der Waals surface area contributed by atoms with Crippen LogP contribution in [0.1, 0.15) is 93.1 Å². The van der Waals surface area contributed by atoms with Crippen molar-refractivity contribution in [3.8, 4) is 5.75 Å². The minimum atomic E-state index is -4.59. The molecule has 2 amide bonds. The summed E-state index contributed by atoms with van der Waals surface area (Å²) < 4.78 is 59.9. The van der Waals surface area contributed by atoms with Crippen molar-refractivity contribution in [3.05, 3.63) is 58.3 Å². The monoisotopic (exact) mass is 695 g/mol. The molecule has 5 atom stereocenters. The van der Waals surface area contributed by atoms with E-state index in [1.165, 1.54) is 57.4 Å². The van der Waals surface area contributed by atoms with E-state index in [4.69, 9.17) is 14.3 Å². The summed E-state index contributed by atoms with van der Waals surface area (Å²) in [6.07, 6.45) is 6.15. The number of ether oxygens (including phenoxy) is 2. The number of carbonyl (C=O) groups is 2. The topological polar surface area (TPSA) is 89.6 Å². The Bertz CT molecular complexity index is 1470. The molecular weight excluding hydrogens is 646 g/mol. The van der Waals surface area contributed by atoms with Crippen LogP contribution in [0.4, 0.5) is 17.6 Å². The molecule has 2 saturated carbocycles. The molecule has 4 unspecified atom stereocenters. The summed E-state index contributed by atoms with van der Waals surface area (Å²) in [5.74, 6) is 1.39. The molecule has 3 aromatic rings. The lowest BCUT2D eigenvalue weighted by atomic mass is 9.86. The zero-order valence-corrected chi connectivity index (χ0v) is 29.5. The zero-order chi connectivity index (χ0) is 35.5. The Morgan fingerprint density at radius 1 is 1.17 bits per heavy atom. The Morgan fingerprint density at radius 3 is 2.35 bits per heavy atom. The maximum Gasteiger partial charge on any atom is 0.419 e. The molecule has 266 valence electrons. The fraction of sp³-hybridized carbons (Fsp3) is 0.583. The second-order valence-corrected chi connectivity index (χ2v) is 13.7. The van der Waals surface area contributed by atoms with E-state index in [2.05, 4.69) is 36.4 Å². The smallest absolute Gasteiger partial charge is 0.419 e. The number of carbonyl (C=O) groups excluding carboxylic acids is 2. The van der Waals surface area contributed by atoms with Gasteiger partial charge in [-0.15, -0.1) is 11.3 Å². The van der Waals surface area contributed by atoms with Gasteiger partial charge in [0.25, 0.3) is 5.91 Å². The number of aryl methyl sites for hydroxylation is 1. The molecule has 0 spiro atoms. The number of thiazole rings is 1. The molecule has 3 fully saturated rings. The fourth-order valence-electron chi connectivity index (χ4n) is 7.08. The summed E-state index contributed by atoms with van der Waals surface area (Å²) in [6.45, 7) is 9.72. The largest absolute Gasteiger partial charge is 0.496 e. The molecular formula is C36H49F4N3O4S. The number of nitrogens with one attached hydrogen (secondary N) is 2. The molecule has 3 aliphatic rings. The lowest BCUT2D eigenvalue weighted by Crippen LogP contribution is -2.43. The highest BCUT2D eigenvalue weighted by molar-refractivity contribution is 7.19. The highest BCUT2D eigenvalue weighted by Crippen LogP contribution is 2.48. The Balaban J connectivity index is 0.000000209. The van der Waals surface area contributed by atoms with Gasteiger partial charge in [-0.2, -0.15) is 13.2 Å². The van der Waals surface area contributed by atoms with Gasteiger partial charge in [-0.25, -0.2) is 9.37 Å². The van der Waals surface area contributed by atoms with Crippen LogP contribution in [-0.4, -0.2) is 49.7 Å². The summed E-state index contributed by atoms with van der Waals surface area (Å²) >= 11 is 1.56. The average molecular weight is 696 g/mol. The van der Waals surface area contributed by atoms with Gasteiger partial charge in [0, 0.05) is 19.7 Å². The fourth-order valence-corrected chi connectivity index (χ4v) is 8.03. The van der Waals surface area contributed by atoms with Gasteiger partial charge in [0.2, 0.25) is 6.41 Å². The van der Waals surface area contributed by atoms with Crippen molar-refractivity contribution in [1.82, 2.24) is 15.6 Å². The van der Waals surface area contributed by atoms with Crippen LogP contribution in [0.15, 0.2) is 36.4 Å². The summed E-state index contributed by atoms with van der Waals surface area (Å²) in [5.41, 5.74) is 0.583. The molecule has 1 saturated heterocycles. The molecule has 6 rings (SSSR count). The molecule has 7 nitrogen and oxygen atoms in total. The maximum absolute atomic E-state index is 13.0. The molecule has 0 radical (unpaired) electrons. The second kappa shape index (κ2) is 17.9. The predicted molar refractivity (Wildman–Crippen MR) is 182 cm³/mol. The number of fused-ring (bicyclic) bond motifs is 3. The lowest BCUT2D eigenvalue weighted by Gasteiger charge is -2.29. The summed E-state index contributed by atoms with van der Waals surface area (Å²) in [7, 11) is 3.18. The summed E-state index contributed by atoms with van der Waals surface area (Å²) in [5, 5.41) is 6.53. The Kier molecular flexibility index (Phi) is 14.7. The first-order valence-corrected chi connectivity index (χ1v) is 17.5. The highest BCUT2D eigenvalue weighted by atomic mass is 32.1. The van der Waals surface area contributed by atoms with Crippen molar-refractivity contribution in [2.45, 2.75) is 96.9 Å². The molecule has 2 aliphatic carbocycles. The molecule has 2 bridgehead atoms. The van der Waals surface area contributed by atoms with Gasteiger partial charge in [0.15, 0.2) is 0 Å². The zero-order valence-electron chi connectivity index (χ0n) is 28.7. The third-order valence-corrected chi connectivity index (χ3v) is 10.5. The number of hydrogen-bond acceptors (Lipinski definition) is 6. The van der Waals surface area contributed by atoms with E-state index in [0.717, 1.165) is 39.9 Å². The van der Waals surface area contributed by atoms with Crippen molar-refractivity contribution in [2.24, 2.45) is 17.8 Å². The van der Waals surface area contributed by atoms with Crippen molar-refractivity contribution < 1.29 is 36.6 Å². The first-order valence-electron chi connectivity index (χ1n) is 16.7. The average Bonchev–Trinajstić information content (AvgIpc) is 3.87. The van der Waals surface area contributed by atoms with Crippen LogP contribution in [0.5, 0.6) is 5.75 Å². The van der Waals surface area contributed by atoms with Crippen LogP contribution >= 0.6 is 11.3 Å². The van der Waals surface area contributed by atoms with Crippen molar-refractivity contribution in [3.63, 3.8) is 0 Å². The van der Waals surface area contributed by atoms with E-state index in [-0.39, 0.29) is 11.5 Å². The van der Waals surface area contributed by atoms with Crippen molar-refractivity contribution >= 4 is 33.9 Å². The van der Waals surface area contributed by atoms with E-state index >= 15 is 0 Å². The molecule has 2 N–H and O–H groups in total. The van der Waals surface area contributed by atoms with Crippen molar-refractivity contribution in [1.29, 1.82) is 0 Å². The van der Waals surface area contributed by atoms with Crippen LogP contribution in [-0.2, 0) is 15.7 Å². The first-order chi connectivity index (χ1) is 22.8. The lowest BCUT2D eigenvalue weighted by molar-refractivity contribution is -0.140. The third-order valence-electron chi connectivity index (χ3n) is 9.53. The number of methoxy groups -OCH3 is 1. The Labute approximate surface area is 285 Å². The van der Waals surface area contributed by atoms with Gasteiger partial charge in [-0.05, 0) is 93.9 Å². The normalized spacial score (nSPS) is 24.0. The third kappa shape index (κ3) is 9.90. The van der Waals surface area contributed by atoms with Gasteiger partial charge in [-0.1, -0.05) is 39.3 Å². The summed E-state index contributed by atoms with van der Waals surface area (Å²) in [4.78, 5) is 26.6. The van der Waals surface area contributed by atoms with Crippen LogP contribution in [0, 0.1) is 30.5 Å². The van der Waals surface area contributed by atoms with Gasteiger partial charge < -0.3 is 20.1 Å². The molecule has 2 aromatic carbocycles. The Morgan fingerprint density at radius 2 is 1.85 bits per heavy atom. The van der Waals surface area contributed by atoms with Gasteiger partial charge in [-0.3, -0.25) is 9.59 Å². The predicted octanol–water partition coefficient (Wildman–Crippen LogP) is 8.73. The molecule has 1 aliphatic heterocycles. The quantitative estimate of drug-likeness (QED) is 0.191. The second-order valence-electron chi connectivity index (χ2n) is 12.5. The van der Waals surface area contributed by atoms with Crippen LogP contribution < -0.4 is 15.4 Å². The molecule has 2 heterocycles.